The molecule has 0 amide bonds. The van der Waals surface area contributed by atoms with E-state index in [1.54, 1.807) is 0 Å². The summed E-state index contributed by atoms with van der Waals surface area (Å²) in [6.45, 7) is 4.42. The number of aliphatic hydroxyl groups is 1. The van der Waals surface area contributed by atoms with Crippen LogP contribution < -0.4 is 5.73 Å². The molecule has 3 N–H and O–H groups in total. The summed E-state index contributed by atoms with van der Waals surface area (Å²) in [5.74, 6) is 2.13. The van der Waals surface area contributed by atoms with E-state index in [2.05, 4.69) is 0 Å². The van der Waals surface area contributed by atoms with Gasteiger partial charge < -0.3 is 10.8 Å². The lowest BCUT2D eigenvalue weighted by molar-refractivity contribution is 0.0411. The molecular formula is C8H19NOS. The highest BCUT2D eigenvalue weighted by Gasteiger charge is 2.27. The van der Waals surface area contributed by atoms with E-state index >= 15 is 0 Å². The van der Waals surface area contributed by atoms with Gasteiger partial charge in [-0.1, -0.05) is 13.8 Å². The zero-order chi connectivity index (χ0) is 8.74. The lowest BCUT2D eigenvalue weighted by Gasteiger charge is -2.29. The van der Waals surface area contributed by atoms with Crippen LogP contribution in [0.25, 0.3) is 0 Å². The second-order valence-electron chi connectivity index (χ2n) is 2.54. The highest BCUT2D eigenvalue weighted by Crippen LogP contribution is 2.25. The standard InChI is InChI=1S/C6H13NOS.C2H6/c7-5-6(8)1-3-9-4-2-6;1-2/h8H,1-5,7H2;1-2H3. The lowest BCUT2D eigenvalue weighted by atomic mass is 9.97. The van der Waals surface area contributed by atoms with E-state index < -0.39 is 5.60 Å². The predicted molar refractivity (Wildman–Crippen MR) is 51.9 cm³/mol. The Morgan fingerprint density at radius 2 is 1.82 bits per heavy atom. The molecule has 1 rings (SSSR count). The van der Waals surface area contributed by atoms with E-state index in [9.17, 15) is 5.11 Å². The molecule has 0 radical (unpaired) electrons. The van der Waals surface area contributed by atoms with E-state index in [0.717, 1.165) is 24.3 Å². The Morgan fingerprint density at radius 1 is 1.36 bits per heavy atom. The summed E-state index contributed by atoms with van der Waals surface area (Å²) >= 11 is 1.90. The van der Waals surface area contributed by atoms with Gasteiger partial charge in [0.2, 0.25) is 0 Å². The van der Waals surface area contributed by atoms with Crippen LogP contribution in [-0.2, 0) is 0 Å². The third-order valence-electron chi connectivity index (χ3n) is 1.80. The normalized spacial score (nSPS) is 21.8. The summed E-state index contributed by atoms with van der Waals surface area (Å²) in [5.41, 5.74) is 4.86. The van der Waals surface area contributed by atoms with Crippen LogP contribution in [0.4, 0.5) is 0 Å². The fourth-order valence-electron chi connectivity index (χ4n) is 0.955. The van der Waals surface area contributed by atoms with Crippen molar-refractivity contribution in [1.29, 1.82) is 0 Å². The third-order valence-corrected chi connectivity index (χ3v) is 2.79. The molecule has 68 valence electrons. The third kappa shape index (κ3) is 3.99. The van der Waals surface area contributed by atoms with Gasteiger partial charge in [0.15, 0.2) is 0 Å². The summed E-state index contributed by atoms with van der Waals surface area (Å²) in [4.78, 5) is 0. The predicted octanol–water partition coefficient (Wildman–Crippen LogP) is 1.23. The van der Waals surface area contributed by atoms with Gasteiger partial charge in [0.1, 0.15) is 0 Å². The van der Waals surface area contributed by atoms with Crippen LogP contribution >= 0.6 is 11.8 Å². The minimum atomic E-state index is -0.523. The summed E-state index contributed by atoms with van der Waals surface area (Å²) in [7, 11) is 0. The van der Waals surface area contributed by atoms with Crippen molar-refractivity contribution in [3.63, 3.8) is 0 Å². The number of hydrogen-bond donors (Lipinski definition) is 2. The molecule has 0 spiro atoms. The average Bonchev–Trinajstić information content (AvgIpc) is 2.10. The first-order valence-corrected chi connectivity index (χ1v) is 5.42. The molecule has 1 aliphatic heterocycles. The van der Waals surface area contributed by atoms with Gasteiger partial charge in [-0.15, -0.1) is 0 Å². The first kappa shape index (κ1) is 11.3. The Hall–Kier alpha value is 0.270. The number of hydrogen-bond acceptors (Lipinski definition) is 3. The van der Waals surface area contributed by atoms with Gasteiger partial charge in [-0.05, 0) is 24.3 Å². The van der Waals surface area contributed by atoms with Crippen LogP contribution in [0.5, 0.6) is 0 Å². The first-order valence-electron chi connectivity index (χ1n) is 4.27. The smallest absolute Gasteiger partial charge is 0.0785 e. The Kier molecular flexibility index (Phi) is 6.01. The number of rotatable bonds is 1. The maximum absolute atomic E-state index is 9.54. The molecule has 1 saturated heterocycles. The van der Waals surface area contributed by atoms with Gasteiger partial charge in [0.05, 0.1) is 5.60 Å². The minimum Gasteiger partial charge on any atom is -0.389 e. The molecule has 11 heavy (non-hydrogen) atoms. The molecule has 0 saturated carbocycles. The monoisotopic (exact) mass is 177 g/mol. The molecule has 0 atom stereocenters. The van der Waals surface area contributed by atoms with Gasteiger partial charge in [0.25, 0.3) is 0 Å². The number of nitrogens with two attached hydrogens (primary N) is 1. The van der Waals surface area contributed by atoms with Crippen LogP contribution in [0.3, 0.4) is 0 Å². The Labute approximate surface area is 73.6 Å². The highest BCUT2D eigenvalue weighted by atomic mass is 32.2. The van der Waals surface area contributed by atoms with Crippen molar-refractivity contribution >= 4 is 11.8 Å². The largest absolute Gasteiger partial charge is 0.389 e. The van der Waals surface area contributed by atoms with Gasteiger partial charge in [0, 0.05) is 6.54 Å². The molecule has 2 nitrogen and oxygen atoms in total. The zero-order valence-electron chi connectivity index (χ0n) is 7.47. The highest BCUT2D eigenvalue weighted by molar-refractivity contribution is 7.99. The van der Waals surface area contributed by atoms with E-state index in [1.165, 1.54) is 0 Å². The number of thioether (sulfide) groups is 1. The fourth-order valence-corrected chi connectivity index (χ4v) is 2.21. The molecule has 0 aromatic heterocycles. The van der Waals surface area contributed by atoms with Crippen molar-refractivity contribution in [3.8, 4) is 0 Å². The van der Waals surface area contributed by atoms with E-state index in [1.807, 2.05) is 25.6 Å². The molecular weight excluding hydrogens is 158 g/mol. The average molecular weight is 177 g/mol. The summed E-state index contributed by atoms with van der Waals surface area (Å²) < 4.78 is 0. The van der Waals surface area contributed by atoms with Crippen molar-refractivity contribution < 1.29 is 5.11 Å². The summed E-state index contributed by atoms with van der Waals surface area (Å²) in [6, 6.07) is 0. The molecule has 0 aromatic carbocycles. The quantitative estimate of drug-likeness (QED) is 0.633. The van der Waals surface area contributed by atoms with E-state index in [4.69, 9.17) is 5.73 Å². The molecule has 0 bridgehead atoms. The maximum Gasteiger partial charge on any atom is 0.0785 e. The van der Waals surface area contributed by atoms with Crippen LogP contribution in [0.2, 0.25) is 0 Å². The van der Waals surface area contributed by atoms with Crippen molar-refractivity contribution in [2.45, 2.75) is 32.3 Å². The van der Waals surface area contributed by atoms with E-state index in [0.29, 0.717) is 6.54 Å². The van der Waals surface area contributed by atoms with Crippen molar-refractivity contribution in [2.75, 3.05) is 18.1 Å². The minimum absolute atomic E-state index is 0.424. The zero-order valence-corrected chi connectivity index (χ0v) is 8.28. The topological polar surface area (TPSA) is 46.2 Å². The summed E-state index contributed by atoms with van der Waals surface area (Å²) in [6.07, 6.45) is 1.74. The van der Waals surface area contributed by atoms with E-state index in [-0.39, 0.29) is 0 Å². The van der Waals surface area contributed by atoms with Gasteiger partial charge >= 0.3 is 0 Å². The van der Waals surface area contributed by atoms with Crippen LogP contribution in [0.15, 0.2) is 0 Å². The molecule has 0 aromatic rings. The Bertz CT molecular complexity index is 92.1. The SMILES string of the molecule is CC.NCC1(O)CCSCC1. The molecule has 3 heteroatoms. The molecule has 0 unspecified atom stereocenters. The first-order chi connectivity index (χ1) is 5.27. The van der Waals surface area contributed by atoms with Crippen molar-refractivity contribution in [2.24, 2.45) is 5.73 Å². The van der Waals surface area contributed by atoms with Crippen LogP contribution in [0.1, 0.15) is 26.7 Å². The van der Waals surface area contributed by atoms with Crippen molar-refractivity contribution in [3.05, 3.63) is 0 Å². The fraction of sp³-hybridized carbons (Fsp3) is 1.00. The maximum atomic E-state index is 9.54. The van der Waals surface area contributed by atoms with Crippen LogP contribution in [-0.4, -0.2) is 28.8 Å². The summed E-state index contributed by atoms with van der Waals surface area (Å²) in [5, 5.41) is 9.54. The molecule has 0 aliphatic carbocycles. The van der Waals surface area contributed by atoms with Gasteiger partial charge in [-0.3, -0.25) is 0 Å². The second-order valence-corrected chi connectivity index (χ2v) is 3.77. The van der Waals surface area contributed by atoms with Crippen molar-refractivity contribution in [1.82, 2.24) is 0 Å². The lowest BCUT2D eigenvalue weighted by Crippen LogP contribution is -2.40. The molecule has 1 heterocycles. The van der Waals surface area contributed by atoms with Gasteiger partial charge in [-0.25, -0.2) is 0 Å². The molecule has 1 aliphatic rings. The second kappa shape index (κ2) is 5.86. The van der Waals surface area contributed by atoms with Gasteiger partial charge in [-0.2, -0.15) is 11.8 Å². The Balaban J connectivity index is 0.000000461. The van der Waals surface area contributed by atoms with Crippen LogP contribution in [0, 0.1) is 0 Å². The molecule has 1 fully saturated rings. The Morgan fingerprint density at radius 3 is 2.09 bits per heavy atom.